The second kappa shape index (κ2) is 10.7. The minimum absolute atomic E-state index is 0.342. The zero-order valence-corrected chi connectivity index (χ0v) is 18.0. The summed E-state index contributed by atoms with van der Waals surface area (Å²) in [4.78, 5) is 10.5. The van der Waals surface area contributed by atoms with E-state index in [1.807, 2.05) is 13.8 Å². The lowest BCUT2D eigenvalue weighted by molar-refractivity contribution is -0.140. The van der Waals surface area contributed by atoms with Crippen molar-refractivity contribution in [1.29, 1.82) is 0 Å². The Balaban J connectivity index is 2.40. The Kier molecular flexibility index (Phi) is 9.39. The highest BCUT2D eigenvalue weighted by molar-refractivity contribution is 5.38. The summed E-state index contributed by atoms with van der Waals surface area (Å²) in [6.07, 6.45) is 10.7. The maximum Gasteiger partial charge on any atom is 0.293 e. The van der Waals surface area contributed by atoms with Crippen LogP contribution in [0.3, 0.4) is 0 Å². The Morgan fingerprint density at radius 1 is 0.846 bits per heavy atom. The molecule has 0 aliphatic heterocycles. The molecule has 0 heterocycles. The number of hydrogen-bond acceptors (Lipinski definition) is 2. The Bertz CT molecular complexity index is 538. The Labute approximate surface area is 161 Å². The molecule has 26 heavy (non-hydrogen) atoms. The number of unbranched alkanes of at least 4 members (excludes halogenated alkanes) is 3. The van der Waals surface area contributed by atoms with Gasteiger partial charge in [0.15, 0.2) is 0 Å². The third kappa shape index (κ3) is 9.40. The van der Waals surface area contributed by atoms with E-state index in [-0.39, 0.29) is 5.60 Å². The Morgan fingerprint density at radius 2 is 1.38 bits per heavy atom. The molecule has 0 amide bonds. The predicted octanol–water partition coefficient (Wildman–Crippen LogP) is 6.81. The van der Waals surface area contributed by atoms with Crippen LogP contribution in [0.1, 0.15) is 96.3 Å². The number of carbonyl (C=O) groups excluding carboxylic acids is 1. The summed E-state index contributed by atoms with van der Waals surface area (Å²) in [5.41, 5.74) is 4.59. The van der Waals surface area contributed by atoms with Crippen LogP contribution in [0.5, 0.6) is 0 Å². The largest absolute Gasteiger partial charge is 0.462 e. The molecular formula is C24H40O2. The van der Waals surface area contributed by atoms with Gasteiger partial charge in [0.05, 0.1) is 0 Å². The fourth-order valence-electron chi connectivity index (χ4n) is 3.48. The Hall–Kier alpha value is -1.31. The van der Waals surface area contributed by atoms with Crippen molar-refractivity contribution in [2.24, 2.45) is 5.41 Å². The van der Waals surface area contributed by atoms with Crippen LogP contribution in [0.4, 0.5) is 0 Å². The first kappa shape index (κ1) is 22.7. The molecule has 0 aliphatic rings. The minimum atomic E-state index is -0.342. The van der Waals surface area contributed by atoms with Gasteiger partial charge in [0, 0.05) is 0 Å². The summed E-state index contributed by atoms with van der Waals surface area (Å²) in [5.74, 6) is 0. The van der Waals surface area contributed by atoms with Crippen molar-refractivity contribution < 1.29 is 9.53 Å². The summed E-state index contributed by atoms with van der Waals surface area (Å²) in [6.45, 7) is 13.8. The van der Waals surface area contributed by atoms with Gasteiger partial charge in [-0.15, -0.1) is 0 Å². The van der Waals surface area contributed by atoms with Crippen molar-refractivity contribution in [3.63, 3.8) is 0 Å². The van der Waals surface area contributed by atoms with Crippen LogP contribution in [-0.4, -0.2) is 12.1 Å². The summed E-state index contributed by atoms with van der Waals surface area (Å²) < 4.78 is 5.13. The average Bonchev–Trinajstić information content (AvgIpc) is 2.52. The zero-order chi connectivity index (χ0) is 19.6. The fraction of sp³-hybridized carbons (Fsp3) is 0.708. The summed E-state index contributed by atoms with van der Waals surface area (Å²) in [7, 11) is 0. The van der Waals surface area contributed by atoms with Gasteiger partial charge in [-0.25, -0.2) is 0 Å². The highest BCUT2D eigenvalue weighted by Crippen LogP contribution is 2.24. The maximum atomic E-state index is 10.5. The zero-order valence-electron chi connectivity index (χ0n) is 18.0. The number of aryl methyl sites for hydroxylation is 2. The second-order valence-electron chi connectivity index (χ2n) is 9.50. The van der Waals surface area contributed by atoms with Gasteiger partial charge in [-0.1, -0.05) is 51.8 Å². The SMILES string of the molecule is Cc1c(CCCCCC(C)(C)C)cccc1CCCCC(C)(C)OC=O. The van der Waals surface area contributed by atoms with Crippen molar-refractivity contribution in [1.82, 2.24) is 0 Å². The predicted molar refractivity (Wildman–Crippen MR) is 112 cm³/mol. The van der Waals surface area contributed by atoms with Crippen molar-refractivity contribution in [3.8, 4) is 0 Å². The molecule has 0 aliphatic carbocycles. The molecule has 0 aromatic heterocycles. The van der Waals surface area contributed by atoms with Crippen LogP contribution >= 0.6 is 0 Å². The molecule has 0 bridgehead atoms. The standard InChI is InChI=1S/C24H40O2/c1-20-21(13-8-7-10-17-23(2,3)4)15-12-16-22(20)14-9-11-18-24(5,6)26-19-25/h12,15-16,19H,7-11,13-14,17-18H2,1-6H3. The van der Waals surface area contributed by atoms with Gasteiger partial charge < -0.3 is 4.74 Å². The van der Waals surface area contributed by atoms with Crippen LogP contribution in [-0.2, 0) is 22.4 Å². The van der Waals surface area contributed by atoms with E-state index in [0.29, 0.717) is 11.9 Å². The molecule has 1 rings (SSSR count). The van der Waals surface area contributed by atoms with Gasteiger partial charge in [0.1, 0.15) is 5.60 Å². The van der Waals surface area contributed by atoms with Gasteiger partial charge in [0.25, 0.3) is 6.47 Å². The molecule has 0 unspecified atom stereocenters. The van der Waals surface area contributed by atoms with Crippen molar-refractivity contribution in [2.75, 3.05) is 0 Å². The number of carbonyl (C=O) groups is 1. The van der Waals surface area contributed by atoms with Crippen LogP contribution in [0.15, 0.2) is 18.2 Å². The molecule has 0 saturated carbocycles. The van der Waals surface area contributed by atoms with Crippen LogP contribution in [0.25, 0.3) is 0 Å². The lowest BCUT2D eigenvalue weighted by Crippen LogP contribution is -2.23. The molecule has 1 aromatic rings. The lowest BCUT2D eigenvalue weighted by atomic mass is 9.89. The van der Waals surface area contributed by atoms with Crippen LogP contribution < -0.4 is 0 Å². The summed E-state index contributed by atoms with van der Waals surface area (Å²) in [6, 6.07) is 6.78. The molecule has 1 aromatic carbocycles. The van der Waals surface area contributed by atoms with Crippen molar-refractivity contribution in [2.45, 2.75) is 105 Å². The highest BCUT2D eigenvalue weighted by atomic mass is 16.5. The summed E-state index contributed by atoms with van der Waals surface area (Å²) in [5, 5.41) is 0. The molecule has 0 saturated heterocycles. The minimum Gasteiger partial charge on any atom is -0.462 e. The molecule has 2 nitrogen and oxygen atoms in total. The first-order valence-corrected chi connectivity index (χ1v) is 10.3. The van der Waals surface area contributed by atoms with E-state index in [4.69, 9.17) is 4.74 Å². The van der Waals surface area contributed by atoms with E-state index in [1.54, 1.807) is 0 Å². The first-order valence-electron chi connectivity index (χ1n) is 10.3. The van der Waals surface area contributed by atoms with E-state index >= 15 is 0 Å². The number of benzene rings is 1. The first-order chi connectivity index (χ1) is 12.1. The van der Waals surface area contributed by atoms with E-state index in [0.717, 1.165) is 25.7 Å². The molecule has 148 valence electrons. The number of rotatable bonds is 12. The smallest absolute Gasteiger partial charge is 0.293 e. The summed E-state index contributed by atoms with van der Waals surface area (Å²) >= 11 is 0. The number of hydrogen-bond donors (Lipinski definition) is 0. The normalized spacial score (nSPS) is 12.2. The fourth-order valence-corrected chi connectivity index (χ4v) is 3.48. The van der Waals surface area contributed by atoms with Gasteiger partial charge in [-0.3, -0.25) is 4.79 Å². The van der Waals surface area contributed by atoms with Gasteiger partial charge >= 0.3 is 0 Å². The quantitative estimate of drug-likeness (QED) is 0.302. The topological polar surface area (TPSA) is 26.3 Å². The van der Waals surface area contributed by atoms with Gasteiger partial charge in [-0.2, -0.15) is 0 Å². The van der Waals surface area contributed by atoms with E-state index < -0.39 is 0 Å². The molecule has 0 atom stereocenters. The second-order valence-corrected chi connectivity index (χ2v) is 9.50. The van der Waals surface area contributed by atoms with E-state index in [1.165, 1.54) is 48.8 Å². The third-order valence-electron chi connectivity index (χ3n) is 5.27. The Morgan fingerprint density at radius 3 is 1.92 bits per heavy atom. The molecular weight excluding hydrogens is 320 g/mol. The van der Waals surface area contributed by atoms with Crippen molar-refractivity contribution >= 4 is 6.47 Å². The molecule has 0 radical (unpaired) electrons. The van der Waals surface area contributed by atoms with Crippen LogP contribution in [0, 0.1) is 12.3 Å². The maximum absolute atomic E-state index is 10.5. The average molecular weight is 361 g/mol. The van der Waals surface area contributed by atoms with Gasteiger partial charge in [-0.05, 0) is 87.8 Å². The molecule has 0 N–H and O–H groups in total. The monoisotopic (exact) mass is 360 g/mol. The van der Waals surface area contributed by atoms with Crippen molar-refractivity contribution in [3.05, 3.63) is 34.9 Å². The van der Waals surface area contributed by atoms with Crippen LogP contribution in [0.2, 0.25) is 0 Å². The van der Waals surface area contributed by atoms with Gasteiger partial charge in [0.2, 0.25) is 0 Å². The third-order valence-corrected chi connectivity index (χ3v) is 5.27. The van der Waals surface area contributed by atoms with E-state index in [9.17, 15) is 4.79 Å². The lowest BCUT2D eigenvalue weighted by Gasteiger charge is -2.22. The highest BCUT2D eigenvalue weighted by Gasteiger charge is 2.17. The number of ether oxygens (including phenoxy) is 1. The molecule has 0 spiro atoms. The molecule has 0 fully saturated rings. The van der Waals surface area contributed by atoms with E-state index in [2.05, 4.69) is 45.9 Å². The molecule has 2 heteroatoms.